The monoisotopic (exact) mass is 285 g/mol. The van der Waals surface area contributed by atoms with Crippen LogP contribution in [-0.4, -0.2) is 15.0 Å². The van der Waals surface area contributed by atoms with E-state index in [1.807, 2.05) is 6.07 Å². The van der Waals surface area contributed by atoms with E-state index in [-0.39, 0.29) is 0 Å². The molecule has 1 aliphatic rings. The van der Waals surface area contributed by atoms with E-state index in [9.17, 15) is 0 Å². The molecule has 0 spiro atoms. The van der Waals surface area contributed by atoms with Gasteiger partial charge in [-0.25, -0.2) is 4.68 Å². The van der Waals surface area contributed by atoms with Crippen molar-refractivity contribution in [3.63, 3.8) is 0 Å². The van der Waals surface area contributed by atoms with Crippen LogP contribution >= 0.6 is 22.6 Å². The fourth-order valence-electron chi connectivity index (χ4n) is 1.50. The van der Waals surface area contributed by atoms with Crippen molar-refractivity contribution in [1.29, 1.82) is 0 Å². The standard InChI is InChI=1S/C9H8IN3/c10-6-1-4-8-9(5-6)13(12-11-8)7-2-3-7/h1,4-5,7H,2-3H2. The van der Waals surface area contributed by atoms with E-state index >= 15 is 0 Å². The quantitative estimate of drug-likeness (QED) is 0.753. The largest absolute Gasteiger partial charge is 0.242 e. The van der Waals surface area contributed by atoms with E-state index in [1.54, 1.807) is 0 Å². The maximum atomic E-state index is 4.16. The molecule has 3 nitrogen and oxygen atoms in total. The highest BCUT2D eigenvalue weighted by Gasteiger charge is 2.26. The van der Waals surface area contributed by atoms with Crippen molar-refractivity contribution in [3.05, 3.63) is 21.8 Å². The highest BCUT2D eigenvalue weighted by molar-refractivity contribution is 14.1. The Hall–Kier alpha value is -0.650. The fraction of sp³-hybridized carbons (Fsp3) is 0.333. The van der Waals surface area contributed by atoms with E-state index in [0.29, 0.717) is 6.04 Å². The summed E-state index contributed by atoms with van der Waals surface area (Å²) in [6, 6.07) is 6.86. The lowest BCUT2D eigenvalue weighted by Gasteiger charge is -1.97. The summed E-state index contributed by atoms with van der Waals surface area (Å²) in [6.45, 7) is 0. The highest BCUT2D eigenvalue weighted by atomic mass is 127. The van der Waals surface area contributed by atoms with Gasteiger partial charge in [0.15, 0.2) is 0 Å². The molecular formula is C9H8IN3. The number of hydrogen-bond acceptors (Lipinski definition) is 2. The van der Waals surface area contributed by atoms with Gasteiger partial charge >= 0.3 is 0 Å². The van der Waals surface area contributed by atoms with Crippen molar-refractivity contribution in [2.75, 3.05) is 0 Å². The van der Waals surface area contributed by atoms with Crippen LogP contribution in [0, 0.1) is 3.57 Å². The highest BCUT2D eigenvalue weighted by Crippen LogP contribution is 2.36. The van der Waals surface area contributed by atoms with E-state index < -0.39 is 0 Å². The molecular weight excluding hydrogens is 277 g/mol. The van der Waals surface area contributed by atoms with Crippen molar-refractivity contribution in [3.8, 4) is 0 Å². The van der Waals surface area contributed by atoms with Crippen molar-refractivity contribution in [2.24, 2.45) is 0 Å². The number of halogens is 1. The second-order valence-corrected chi connectivity index (χ2v) is 4.64. The maximum absolute atomic E-state index is 4.16. The molecule has 0 amide bonds. The van der Waals surface area contributed by atoms with Crippen LogP contribution in [0.5, 0.6) is 0 Å². The minimum Gasteiger partial charge on any atom is -0.242 e. The molecule has 13 heavy (non-hydrogen) atoms. The molecule has 1 heterocycles. The van der Waals surface area contributed by atoms with Gasteiger partial charge in [0.2, 0.25) is 0 Å². The van der Waals surface area contributed by atoms with Gasteiger partial charge in [-0.15, -0.1) is 5.10 Å². The Bertz CT molecular complexity index is 459. The van der Waals surface area contributed by atoms with Gasteiger partial charge in [0.05, 0.1) is 11.6 Å². The predicted molar refractivity (Wildman–Crippen MR) is 58.5 cm³/mol. The summed E-state index contributed by atoms with van der Waals surface area (Å²) in [7, 11) is 0. The summed E-state index contributed by atoms with van der Waals surface area (Å²) in [6.07, 6.45) is 2.51. The Morgan fingerprint density at radius 1 is 1.38 bits per heavy atom. The molecule has 0 atom stereocenters. The van der Waals surface area contributed by atoms with E-state index in [4.69, 9.17) is 0 Å². The normalized spacial score (nSPS) is 16.7. The van der Waals surface area contributed by atoms with Gasteiger partial charge in [0.25, 0.3) is 0 Å². The average Bonchev–Trinajstić information content (AvgIpc) is 2.87. The van der Waals surface area contributed by atoms with Crippen LogP contribution in [0.2, 0.25) is 0 Å². The molecule has 3 rings (SSSR count). The number of aromatic nitrogens is 3. The zero-order valence-corrected chi connectivity index (χ0v) is 9.10. The first-order chi connectivity index (χ1) is 6.34. The molecule has 1 aromatic heterocycles. The molecule has 1 fully saturated rings. The van der Waals surface area contributed by atoms with E-state index in [1.165, 1.54) is 21.9 Å². The van der Waals surface area contributed by atoms with Crippen LogP contribution in [-0.2, 0) is 0 Å². The minimum atomic E-state index is 0.614. The van der Waals surface area contributed by atoms with Crippen molar-refractivity contribution in [2.45, 2.75) is 18.9 Å². The molecule has 1 aliphatic carbocycles. The topological polar surface area (TPSA) is 30.7 Å². The molecule has 0 N–H and O–H groups in total. The van der Waals surface area contributed by atoms with Crippen molar-refractivity contribution >= 4 is 33.6 Å². The van der Waals surface area contributed by atoms with Crippen LogP contribution in [0.4, 0.5) is 0 Å². The predicted octanol–water partition coefficient (Wildman–Crippen LogP) is 2.37. The smallest absolute Gasteiger partial charge is 0.113 e. The van der Waals surface area contributed by atoms with Crippen LogP contribution in [0.1, 0.15) is 18.9 Å². The SMILES string of the molecule is Ic1ccc2nnn(C3CC3)c2c1. The number of benzene rings is 1. The van der Waals surface area contributed by atoms with Crippen LogP contribution < -0.4 is 0 Å². The summed E-state index contributed by atoms with van der Waals surface area (Å²) in [5.41, 5.74) is 2.18. The lowest BCUT2D eigenvalue weighted by molar-refractivity contribution is 0.630. The molecule has 1 saturated carbocycles. The van der Waals surface area contributed by atoms with Crippen molar-refractivity contribution in [1.82, 2.24) is 15.0 Å². The third kappa shape index (κ3) is 1.23. The Kier molecular flexibility index (Phi) is 1.59. The molecule has 0 saturated heterocycles. The minimum absolute atomic E-state index is 0.614. The van der Waals surface area contributed by atoms with Crippen LogP contribution in [0.15, 0.2) is 18.2 Å². The summed E-state index contributed by atoms with van der Waals surface area (Å²) in [4.78, 5) is 0. The zero-order chi connectivity index (χ0) is 8.84. The molecule has 66 valence electrons. The second kappa shape index (κ2) is 2.67. The number of nitrogens with zero attached hydrogens (tertiary/aromatic N) is 3. The van der Waals surface area contributed by atoms with Gasteiger partial charge in [-0.1, -0.05) is 5.21 Å². The fourth-order valence-corrected chi connectivity index (χ4v) is 1.97. The lowest BCUT2D eigenvalue weighted by atomic mass is 10.3. The van der Waals surface area contributed by atoms with E-state index in [2.05, 4.69) is 49.7 Å². The van der Waals surface area contributed by atoms with Gasteiger partial charge in [-0.05, 0) is 53.6 Å². The third-order valence-electron chi connectivity index (χ3n) is 2.33. The molecule has 0 bridgehead atoms. The maximum Gasteiger partial charge on any atom is 0.113 e. The lowest BCUT2D eigenvalue weighted by Crippen LogP contribution is -1.95. The Labute approximate surface area is 89.3 Å². The van der Waals surface area contributed by atoms with Crippen molar-refractivity contribution < 1.29 is 0 Å². The van der Waals surface area contributed by atoms with Gasteiger partial charge < -0.3 is 0 Å². The Morgan fingerprint density at radius 2 is 2.23 bits per heavy atom. The van der Waals surface area contributed by atoms with Crippen LogP contribution in [0.25, 0.3) is 11.0 Å². The summed E-state index contributed by atoms with van der Waals surface area (Å²) < 4.78 is 3.30. The van der Waals surface area contributed by atoms with Gasteiger partial charge in [-0.2, -0.15) is 0 Å². The second-order valence-electron chi connectivity index (χ2n) is 3.40. The summed E-state index contributed by atoms with van der Waals surface area (Å²) in [5.74, 6) is 0. The van der Waals surface area contributed by atoms with E-state index in [0.717, 1.165) is 5.52 Å². The Balaban J connectivity index is 2.29. The third-order valence-corrected chi connectivity index (χ3v) is 3.00. The first-order valence-electron chi connectivity index (χ1n) is 4.35. The van der Waals surface area contributed by atoms with Crippen LogP contribution in [0.3, 0.4) is 0 Å². The van der Waals surface area contributed by atoms with Gasteiger partial charge in [0, 0.05) is 3.57 Å². The molecule has 1 aromatic carbocycles. The molecule has 0 unspecified atom stereocenters. The molecule has 2 aromatic rings. The first kappa shape index (κ1) is 7.73. The number of rotatable bonds is 1. The molecule has 4 heteroatoms. The van der Waals surface area contributed by atoms with Gasteiger partial charge in [-0.3, -0.25) is 0 Å². The number of hydrogen-bond donors (Lipinski definition) is 0. The zero-order valence-electron chi connectivity index (χ0n) is 6.94. The average molecular weight is 285 g/mol. The summed E-state index contributed by atoms with van der Waals surface area (Å²) >= 11 is 2.32. The molecule has 0 radical (unpaired) electrons. The first-order valence-corrected chi connectivity index (χ1v) is 5.43. The van der Waals surface area contributed by atoms with Gasteiger partial charge in [0.1, 0.15) is 5.52 Å². The molecule has 0 aliphatic heterocycles. The number of fused-ring (bicyclic) bond motifs is 1. The Morgan fingerprint density at radius 3 is 3.00 bits per heavy atom. The summed E-state index contributed by atoms with van der Waals surface area (Å²) in [5, 5.41) is 8.29.